The molecule has 17 heavy (non-hydrogen) atoms. The van der Waals surface area contributed by atoms with Crippen LogP contribution in [0.2, 0.25) is 0 Å². The molecule has 0 saturated carbocycles. The fourth-order valence-electron chi connectivity index (χ4n) is 1.18. The highest BCUT2D eigenvalue weighted by atomic mass is 79.9. The molecule has 0 aliphatic carbocycles. The van der Waals surface area contributed by atoms with Gasteiger partial charge < -0.3 is 15.5 Å². The van der Waals surface area contributed by atoms with Crippen LogP contribution in [0.25, 0.3) is 0 Å². The van der Waals surface area contributed by atoms with E-state index in [0.29, 0.717) is 26.2 Å². The van der Waals surface area contributed by atoms with Crippen molar-refractivity contribution in [3.05, 3.63) is 39.3 Å². The highest BCUT2D eigenvalue weighted by Gasteiger charge is 2.14. The van der Waals surface area contributed by atoms with Crippen LogP contribution < -0.4 is 11.1 Å². The topological polar surface area (TPSA) is 81.1 Å². The lowest BCUT2D eigenvalue weighted by Crippen LogP contribution is -2.13. The second-order valence-corrected chi connectivity index (χ2v) is 4.74. The van der Waals surface area contributed by atoms with Crippen molar-refractivity contribution in [2.75, 3.05) is 11.1 Å². The molecule has 0 aromatic carbocycles. The van der Waals surface area contributed by atoms with Crippen LogP contribution in [0.1, 0.15) is 10.4 Å². The van der Waals surface area contributed by atoms with Crippen LogP contribution in [0, 0.1) is 0 Å². The Labute approximate surface area is 114 Å². The maximum Gasteiger partial charge on any atom is 0.261 e. The van der Waals surface area contributed by atoms with Gasteiger partial charge in [-0.25, -0.2) is 4.98 Å². The Morgan fingerprint density at radius 2 is 2.24 bits per heavy atom. The van der Waals surface area contributed by atoms with Crippen LogP contribution in [0.5, 0.6) is 0 Å². The second kappa shape index (κ2) is 4.89. The first-order valence-electron chi connectivity index (χ1n) is 4.53. The Morgan fingerprint density at radius 1 is 1.47 bits per heavy atom. The minimum atomic E-state index is -0.316. The number of carbonyl (C=O) groups is 1. The van der Waals surface area contributed by atoms with Gasteiger partial charge in [0.05, 0.1) is 28.2 Å². The Hall–Kier alpha value is -1.34. The molecule has 0 atom stereocenters. The molecule has 0 saturated heterocycles. The number of anilines is 2. The van der Waals surface area contributed by atoms with E-state index >= 15 is 0 Å². The molecule has 1 amide bonds. The number of rotatable bonds is 2. The summed E-state index contributed by atoms with van der Waals surface area (Å²) in [5.41, 5.74) is 6.46. The Kier molecular flexibility index (Phi) is 3.49. The van der Waals surface area contributed by atoms with Gasteiger partial charge >= 0.3 is 0 Å². The molecule has 88 valence electrons. The number of amides is 1. The van der Waals surface area contributed by atoms with E-state index in [1.54, 1.807) is 12.1 Å². The maximum absolute atomic E-state index is 11.8. The Balaban J connectivity index is 2.22. The first kappa shape index (κ1) is 12.1. The van der Waals surface area contributed by atoms with Gasteiger partial charge in [-0.15, -0.1) is 0 Å². The van der Waals surface area contributed by atoms with Crippen LogP contribution in [-0.2, 0) is 0 Å². The third-order valence-corrected chi connectivity index (χ3v) is 3.18. The molecule has 2 heterocycles. The summed E-state index contributed by atoms with van der Waals surface area (Å²) in [5.74, 6) is 0.0842. The molecule has 7 heteroatoms. The summed E-state index contributed by atoms with van der Waals surface area (Å²) in [6, 6.07) is 3.22. The molecule has 2 aromatic heterocycles. The van der Waals surface area contributed by atoms with Crippen LogP contribution in [0.3, 0.4) is 0 Å². The number of hydrogen-bond acceptors (Lipinski definition) is 4. The predicted molar refractivity (Wildman–Crippen MR) is 70.7 cm³/mol. The first-order valence-corrected chi connectivity index (χ1v) is 6.12. The summed E-state index contributed by atoms with van der Waals surface area (Å²) < 4.78 is 5.97. The average molecular weight is 361 g/mol. The number of pyridine rings is 1. The van der Waals surface area contributed by atoms with Crippen molar-refractivity contribution in [3.8, 4) is 0 Å². The molecule has 0 aliphatic heterocycles. The van der Waals surface area contributed by atoms with Crippen molar-refractivity contribution in [2.24, 2.45) is 0 Å². The van der Waals surface area contributed by atoms with Crippen LogP contribution in [0.4, 0.5) is 11.5 Å². The van der Waals surface area contributed by atoms with Crippen molar-refractivity contribution in [2.45, 2.75) is 0 Å². The van der Waals surface area contributed by atoms with Gasteiger partial charge in [-0.05, 0) is 44.0 Å². The number of nitrogen functional groups attached to an aromatic ring is 1. The van der Waals surface area contributed by atoms with E-state index in [1.807, 2.05) is 0 Å². The SMILES string of the molecule is Nc1cnc(NC(=O)c2ccoc2Br)c(Br)c1. The fourth-order valence-corrected chi connectivity index (χ4v) is 2.06. The number of halogens is 2. The number of nitrogens with two attached hydrogens (primary N) is 1. The molecule has 3 N–H and O–H groups in total. The van der Waals surface area contributed by atoms with Gasteiger partial charge in [0, 0.05) is 0 Å². The van der Waals surface area contributed by atoms with E-state index in [1.165, 1.54) is 12.5 Å². The van der Waals surface area contributed by atoms with Gasteiger partial charge in [-0.2, -0.15) is 0 Å². The minimum Gasteiger partial charge on any atom is -0.457 e. The van der Waals surface area contributed by atoms with Crippen molar-refractivity contribution in [3.63, 3.8) is 0 Å². The standard InChI is InChI=1S/C10H7Br2N3O2/c11-7-3-5(13)4-14-9(7)15-10(16)6-1-2-17-8(6)12/h1-4H,13H2,(H,14,15,16). The smallest absolute Gasteiger partial charge is 0.261 e. The molecule has 0 bridgehead atoms. The van der Waals surface area contributed by atoms with Crippen LogP contribution in [-0.4, -0.2) is 10.9 Å². The highest BCUT2D eigenvalue weighted by Crippen LogP contribution is 2.24. The van der Waals surface area contributed by atoms with Crippen molar-refractivity contribution >= 4 is 49.3 Å². The number of furan rings is 1. The molecule has 2 rings (SSSR count). The normalized spacial score (nSPS) is 10.2. The zero-order valence-corrected chi connectivity index (χ0v) is 11.6. The highest BCUT2D eigenvalue weighted by molar-refractivity contribution is 9.10. The largest absolute Gasteiger partial charge is 0.457 e. The molecule has 0 aliphatic rings. The Bertz CT molecular complexity index is 568. The van der Waals surface area contributed by atoms with Crippen molar-refractivity contribution in [1.82, 2.24) is 4.98 Å². The first-order chi connectivity index (χ1) is 8.08. The molecular weight excluding hydrogens is 354 g/mol. The van der Waals surface area contributed by atoms with Gasteiger partial charge in [0.25, 0.3) is 5.91 Å². The molecule has 0 spiro atoms. The van der Waals surface area contributed by atoms with E-state index in [0.717, 1.165) is 0 Å². The lowest BCUT2D eigenvalue weighted by Gasteiger charge is -2.05. The number of aromatic nitrogens is 1. The van der Waals surface area contributed by atoms with Gasteiger partial charge in [-0.1, -0.05) is 0 Å². The summed E-state index contributed by atoms with van der Waals surface area (Å²) in [5, 5.41) is 2.64. The maximum atomic E-state index is 11.8. The summed E-state index contributed by atoms with van der Waals surface area (Å²) in [7, 11) is 0. The summed E-state index contributed by atoms with van der Waals surface area (Å²) in [6.45, 7) is 0. The predicted octanol–water partition coefficient (Wildman–Crippen LogP) is 3.03. The molecule has 0 unspecified atom stereocenters. The minimum absolute atomic E-state index is 0.316. The van der Waals surface area contributed by atoms with E-state index in [-0.39, 0.29) is 5.91 Å². The van der Waals surface area contributed by atoms with E-state index in [9.17, 15) is 4.79 Å². The third-order valence-electron chi connectivity index (χ3n) is 1.96. The fraction of sp³-hybridized carbons (Fsp3) is 0. The molecule has 5 nitrogen and oxygen atoms in total. The average Bonchev–Trinajstić information content (AvgIpc) is 2.68. The molecule has 0 radical (unpaired) electrons. The van der Waals surface area contributed by atoms with E-state index in [4.69, 9.17) is 10.2 Å². The van der Waals surface area contributed by atoms with Gasteiger partial charge in [0.2, 0.25) is 0 Å². The lowest BCUT2D eigenvalue weighted by atomic mass is 10.3. The zero-order chi connectivity index (χ0) is 12.4. The summed E-state index contributed by atoms with van der Waals surface area (Å²) >= 11 is 6.40. The number of nitrogens with one attached hydrogen (secondary N) is 1. The van der Waals surface area contributed by atoms with Gasteiger partial charge in [0.15, 0.2) is 4.67 Å². The number of nitrogens with zero attached hydrogens (tertiary/aromatic N) is 1. The van der Waals surface area contributed by atoms with Crippen molar-refractivity contribution < 1.29 is 9.21 Å². The van der Waals surface area contributed by atoms with Crippen molar-refractivity contribution in [1.29, 1.82) is 0 Å². The van der Waals surface area contributed by atoms with E-state index < -0.39 is 0 Å². The molecular formula is C10H7Br2N3O2. The summed E-state index contributed by atoms with van der Waals surface area (Å²) in [4.78, 5) is 15.8. The second-order valence-electron chi connectivity index (χ2n) is 3.16. The zero-order valence-electron chi connectivity index (χ0n) is 8.41. The van der Waals surface area contributed by atoms with Gasteiger partial charge in [0.1, 0.15) is 5.82 Å². The quantitative estimate of drug-likeness (QED) is 0.862. The third kappa shape index (κ3) is 2.67. The van der Waals surface area contributed by atoms with Crippen LogP contribution >= 0.6 is 31.9 Å². The summed E-state index contributed by atoms with van der Waals surface area (Å²) in [6.07, 6.45) is 2.88. The lowest BCUT2D eigenvalue weighted by molar-refractivity contribution is 0.102. The molecule has 0 fully saturated rings. The Morgan fingerprint density at radius 3 is 2.82 bits per heavy atom. The number of hydrogen-bond donors (Lipinski definition) is 2. The van der Waals surface area contributed by atoms with Crippen LogP contribution in [0.15, 0.2) is 38.2 Å². The van der Waals surface area contributed by atoms with E-state index in [2.05, 4.69) is 42.2 Å². The number of carbonyl (C=O) groups excluding carboxylic acids is 1. The van der Waals surface area contributed by atoms with Gasteiger partial charge in [-0.3, -0.25) is 4.79 Å². The monoisotopic (exact) mass is 359 g/mol. The molecule has 2 aromatic rings.